The van der Waals surface area contributed by atoms with Crippen LogP contribution in [0.1, 0.15) is 30.1 Å². The molecule has 0 radical (unpaired) electrons. The van der Waals surface area contributed by atoms with Crippen LogP contribution in [0.3, 0.4) is 0 Å². The first-order valence-electron chi connectivity index (χ1n) is 6.41. The highest BCUT2D eigenvalue weighted by Gasteiger charge is 2.26. The van der Waals surface area contributed by atoms with Gasteiger partial charge in [-0.25, -0.2) is 0 Å². The molecule has 1 heterocycles. The Morgan fingerprint density at radius 3 is 2.68 bits per heavy atom. The number of aliphatic hydroxyl groups excluding tert-OH is 1. The van der Waals surface area contributed by atoms with Crippen molar-refractivity contribution in [1.82, 2.24) is 4.90 Å². The normalized spacial score (nSPS) is 18.4. The molecule has 0 spiro atoms. The zero-order valence-corrected chi connectivity index (χ0v) is 13.1. The molecule has 0 saturated carbocycles. The minimum absolute atomic E-state index is 0.00146. The summed E-state index contributed by atoms with van der Waals surface area (Å²) < 4.78 is 0.763. The number of likely N-dealkylation sites (tertiary alicyclic amines) is 1. The molecule has 19 heavy (non-hydrogen) atoms. The van der Waals surface area contributed by atoms with E-state index in [0.717, 1.165) is 17.3 Å². The minimum Gasteiger partial charge on any atom is -0.393 e. The summed E-state index contributed by atoms with van der Waals surface area (Å²) in [5.74, 6) is 0.297. The Morgan fingerprint density at radius 1 is 1.47 bits per heavy atom. The summed E-state index contributed by atoms with van der Waals surface area (Å²) in [5, 5.41) is 10.1. The van der Waals surface area contributed by atoms with Crippen LogP contribution in [0.15, 0.2) is 22.7 Å². The van der Waals surface area contributed by atoms with Gasteiger partial charge in [0, 0.05) is 22.6 Å². The first-order chi connectivity index (χ1) is 8.99. The third-order valence-electron chi connectivity index (χ3n) is 3.67. The van der Waals surface area contributed by atoms with Crippen LogP contribution < -0.4 is 0 Å². The number of piperidine rings is 1. The van der Waals surface area contributed by atoms with Crippen molar-refractivity contribution in [2.75, 3.05) is 13.1 Å². The molecule has 1 aliphatic rings. The van der Waals surface area contributed by atoms with Gasteiger partial charge in [0.2, 0.25) is 0 Å². The highest BCUT2D eigenvalue weighted by atomic mass is 79.9. The molecule has 1 atom stereocenters. The number of hydrogen-bond acceptors (Lipinski definition) is 2. The molecule has 0 aliphatic carbocycles. The molecule has 1 unspecified atom stereocenters. The number of hydrogen-bond donors (Lipinski definition) is 1. The first kappa shape index (κ1) is 14.8. The summed E-state index contributed by atoms with van der Waals surface area (Å²) in [6.07, 6.45) is 1.40. The number of halogens is 2. The molecule has 1 aromatic carbocycles. The predicted molar refractivity (Wildman–Crippen MR) is 79.5 cm³/mol. The molecule has 3 nitrogen and oxygen atoms in total. The summed E-state index contributed by atoms with van der Waals surface area (Å²) >= 11 is 9.33. The van der Waals surface area contributed by atoms with Gasteiger partial charge in [-0.2, -0.15) is 0 Å². The first-order valence-corrected chi connectivity index (χ1v) is 7.58. The molecule has 1 amide bonds. The van der Waals surface area contributed by atoms with E-state index in [9.17, 15) is 9.90 Å². The van der Waals surface area contributed by atoms with E-state index in [1.165, 1.54) is 0 Å². The maximum Gasteiger partial charge on any atom is 0.255 e. The smallest absolute Gasteiger partial charge is 0.255 e. The van der Waals surface area contributed by atoms with Crippen LogP contribution in [0, 0.1) is 5.92 Å². The van der Waals surface area contributed by atoms with Crippen LogP contribution >= 0.6 is 27.5 Å². The van der Waals surface area contributed by atoms with E-state index in [1.54, 1.807) is 18.2 Å². The molecule has 0 aromatic heterocycles. The van der Waals surface area contributed by atoms with Crippen LogP contribution in [-0.2, 0) is 0 Å². The maximum atomic E-state index is 12.4. The molecular weight excluding hydrogens is 330 g/mol. The molecule has 0 bridgehead atoms. The Bertz CT molecular complexity index is 471. The van der Waals surface area contributed by atoms with Gasteiger partial charge in [0.1, 0.15) is 0 Å². The van der Waals surface area contributed by atoms with Gasteiger partial charge in [0.15, 0.2) is 0 Å². The fourth-order valence-corrected chi connectivity index (χ4v) is 3.01. The van der Waals surface area contributed by atoms with Crippen molar-refractivity contribution in [2.24, 2.45) is 5.92 Å². The second kappa shape index (κ2) is 6.25. The topological polar surface area (TPSA) is 40.5 Å². The van der Waals surface area contributed by atoms with E-state index >= 15 is 0 Å². The Morgan fingerprint density at radius 2 is 2.11 bits per heavy atom. The summed E-state index contributed by atoms with van der Waals surface area (Å²) in [4.78, 5) is 14.3. The lowest BCUT2D eigenvalue weighted by Crippen LogP contribution is -2.40. The molecule has 1 aliphatic heterocycles. The van der Waals surface area contributed by atoms with Crippen molar-refractivity contribution in [3.8, 4) is 0 Å². The molecule has 1 fully saturated rings. The molecule has 104 valence electrons. The maximum absolute atomic E-state index is 12.4. The number of carbonyl (C=O) groups is 1. The van der Waals surface area contributed by atoms with Crippen molar-refractivity contribution in [2.45, 2.75) is 25.9 Å². The lowest BCUT2D eigenvalue weighted by molar-refractivity contribution is 0.0521. The van der Waals surface area contributed by atoms with Gasteiger partial charge in [-0.3, -0.25) is 4.79 Å². The van der Waals surface area contributed by atoms with Crippen molar-refractivity contribution < 1.29 is 9.90 Å². The monoisotopic (exact) mass is 345 g/mol. The average Bonchev–Trinajstić information content (AvgIpc) is 2.41. The van der Waals surface area contributed by atoms with Gasteiger partial charge in [-0.1, -0.05) is 11.6 Å². The standard InChI is InChI=1S/C14H17BrClNO2/c1-9(18)10-4-6-17(7-5-10)14(19)12-8-11(16)2-3-13(12)15/h2-3,8-10,18H,4-7H2,1H3. The second-order valence-corrected chi connectivity index (χ2v) is 6.29. The van der Waals surface area contributed by atoms with Crippen molar-refractivity contribution in [3.63, 3.8) is 0 Å². The van der Waals surface area contributed by atoms with E-state index in [2.05, 4.69) is 15.9 Å². The predicted octanol–water partition coefficient (Wildman–Crippen LogP) is 3.34. The number of rotatable bonds is 2. The van der Waals surface area contributed by atoms with Gasteiger partial charge < -0.3 is 10.0 Å². The SMILES string of the molecule is CC(O)C1CCN(C(=O)c2cc(Cl)ccc2Br)CC1. The van der Waals surface area contributed by atoms with Gasteiger partial charge in [-0.15, -0.1) is 0 Å². The van der Waals surface area contributed by atoms with Gasteiger partial charge in [0.05, 0.1) is 11.7 Å². The zero-order chi connectivity index (χ0) is 14.0. The molecule has 5 heteroatoms. The van der Waals surface area contributed by atoms with Crippen molar-refractivity contribution in [1.29, 1.82) is 0 Å². The second-order valence-electron chi connectivity index (χ2n) is 4.99. The Balaban J connectivity index is 2.07. The fraction of sp³-hybridized carbons (Fsp3) is 0.500. The lowest BCUT2D eigenvalue weighted by Gasteiger charge is -2.33. The Hall–Kier alpha value is -0.580. The van der Waals surface area contributed by atoms with Crippen LogP contribution in [0.25, 0.3) is 0 Å². The quantitative estimate of drug-likeness (QED) is 0.892. The third kappa shape index (κ3) is 3.50. The highest BCUT2D eigenvalue weighted by Crippen LogP contribution is 2.26. The van der Waals surface area contributed by atoms with Crippen LogP contribution in [-0.4, -0.2) is 35.1 Å². The van der Waals surface area contributed by atoms with Gasteiger partial charge in [0.25, 0.3) is 5.91 Å². The number of nitrogens with zero attached hydrogens (tertiary/aromatic N) is 1. The van der Waals surface area contributed by atoms with Crippen LogP contribution in [0.5, 0.6) is 0 Å². The third-order valence-corrected chi connectivity index (χ3v) is 4.59. The summed E-state index contributed by atoms with van der Waals surface area (Å²) in [7, 11) is 0. The average molecular weight is 347 g/mol. The van der Waals surface area contributed by atoms with Gasteiger partial charge in [-0.05, 0) is 59.8 Å². The van der Waals surface area contributed by atoms with E-state index in [-0.39, 0.29) is 12.0 Å². The Labute approximate surface area is 126 Å². The molecule has 1 N–H and O–H groups in total. The number of carbonyl (C=O) groups excluding carboxylic acids is 1. The number of aliphatic hydroxyl groups is 1. The van der Waals surface area contributed by atoms with E-state index in [0.29, 0.717) is 29.6 Å². The molecule has 2 rings (SSSR count). The largest absolute Gasteiger partial charge is 0.393 e. The van der Waals surface area contributed by atoms with E-state index in [4.69, 9.17) is 11.6 Å². The molecule has 1 saturated heterocycles. The molecular formula is C14H17BrClNO2. The van der Waals surface area contributed by atoms with Crippen molar-refractivity contribution >= 4 is 33.4 Å². The van der Waals surface area contributed by atoms with Crippen LogP contribution in [0.4, 0.5) is 0 Å². The summed E-state index contributed by atoms with van der Waals surface area (Å²) in [6, 6.07) is 5.23. The lowest BCUT2D eigenvalue weighted by atomic mass is 9.92. The fourth-order valence-electron chi connectivity index (χ4n) is 2.42. The number of benzene rings is 1. The highest BCUT2D eigenvalue weighted by molar-refractivity contribution is 9.10. The minimum atomic E-state index is -0.296. The molecule has 1 aromatic rings. The zero-order valence-electron chi connectivity index (χ0n) is 10.8. The summed E-state index contributed by atoms with van der Waals surface area (Å²) in [6.45, 7) is 3.19. The van der Waals surface area contributed by atoms with Crippen LogP contribution in [0.2, 0.25) is 5.02 Å². The van der Waals surface area contributed by atoms with Crippen molar-refractivity contribution in [3.05, 3.63) is 33.3 Å². The Kier molecular flexibility index (Phi) is 4.87. The van der Waals surface area contributed by atoms with E-state index < -0.39 is 0 Å². The summed E-state index contributed by atoms with van der Waals surface area (Å²) in [5.41, 5.74) is 0.600. The van der Waals surface area contributed by atoms with Gasteiger partial charge >= 0.3 is 0 Å². The van der Waals surface area contributed by atoms with E-state index in [1.807, 2.05) is 11.8 Å². The number of amides is 1.